The van der Waals surface area contributed by atoms with E-state index < -0.39 is 0 Å². The van der Waals surface area contributed by atoms with Crippen LogP contribution in [0.4, 0.5) is 0 Å². The van der Waals surface area contributed by atoms with E-state index in [0.717, 1.165) is 10.6 Å². The van der Waals surface area contributed by atoms with E-state index in [1.54, 1.807) is 0 Å². The van der Waals surface area contributed by atoms with E-state index >= 15 is 0 Å². The summed E-state index contributed by atoms with van der Waals surface area (Å²) in [4.78, 5) is 0. The number of halogens is 2. The van der Waals surface area contributed by atoms with E-state index in [2.05, 4.69) is 12.1 Å². The molecule has 0 radical (unpaired) electrons. The minimum Gasteiger partial charge on any atom is -0.324 e. The molecule has 15 heavy (non-hydrogen) atoms. The Kier molecular flexibility index (Phi) is 4.45. The van der Waals surface area contributed by atoms with Crippen LogP contribution >= 0.6 is 24.0 Å². The lowest BCUT2D eigenvalue weighted by Gasteiger charge is -2.31. The molecule has 1 fully saturated rings. The van der Waals surface area contributed by atoms with E-state index in [1.165, 1.54) is 24.8 Å². The van der Waals surface area contributed by atoms with Crippen LogP contribution in [0, 0.1) is 12.8 Å². The molecule has 3 heteroatoms. The molecule has 1 aliphatic carbocycles. The van der Waals surface area contributed by atoms with Gasteiger partial charge in [0.05, 0.1) is 0 Å². The molecule has 1 aliphatic rings. The molecule has 1 saturated carbocycles. The summed E-state index contributed by atoms with van der Waals surface area (Å²) in [5, 5.41) is 0.831. The van der Waals surface area contributed by atoms with Crippen molar-refractivity contribution in [2.24, 2.45) is 11.7 Å². The zero-order valence-electron chi connectivity index (χ0n) is 8.87. The van der Waals surface area contributed by atoms with Gasteiger partial charge in [0.1, 0.15) is 0 Å². The van der Waals surface area contributed by atoms with Gasteiger partial charge >= 0.3 is 0 Å². The maximum absolute atomic E-state index is 6.16. The molecule has 0 amide bonds. The third kappa shape index (κ3) is 2.66. The first-order valence-electron chi connectivity index (χ1n) is 5.20. The van der Waals surface area contributed by atoms with Crippen LogP contribution in [0.3, 0.4) is 0 Å². The number of hydrogen-bond acceptors (Lipinski definition) is 1. The fraction of sp³-hybridized carbons (Fsp3) is 0.500. The Labute approximate surface area is 102 Å². The van der Waals surface area contributed by atoms with Crippen molar-refractivity contribution in [2.45, 2.75) is 32.2 Å². The number of nitrogens with two attached hydrogens (primary N) is 1. The average Bonchev–Trinajstić information content (AvgIpc) is 2.06. The molecular formula is C12H17Cl2N. The molecule has 1 atom stereocenters. The van der Waals surface area contributed by atoms with Gasteiger partial charge in [0, 0.05) is 11.1 Å². The zero-order valence-corrected chi connectivity index (χ0v) is 10.4. The normalized spacial score (nSPS) is 17.8. The van der Waals surface area contributed by atoms with Crippen LogP contribution in [0.15, 0.2) is 18.2 Å². The second-order valence-electron chi connectivity index (χ2n) is 4.23. The molecule has 0 unspecified atom stereocenters. The Balaban J connectivity index is 0.00000112. The fourth-order valence-corrected chi connectivity index (χ4v) is 2.08. The van der Waals surface area contributed by atoms with Gasteiger partial charge < -0.3 is 5.73 Å². The number of aryl methyl sites for hydroxylation is 1. The van der Waals surface area contributed by atoms with Gasteiger partial charge in [-0.2, -0.15) is 0 Å². The second kappa shape index (κ2) is 5.20. The van der Waals surface area contributed by atoms with E-state index in [-0.39, 0.29) is 18.4 Å². The largest absolute Gasteiger partial charge is 0.324 e. The first-order valence-corrected chi connectivity index (χ1v) is 5.58. The van der Waals surface area contributed by atoms with Crippen LogP contribution < -0.4 is 5.73 Å². The van der Waals surface area contributed by atoms with Crippen molar-refractivity contribution in [3.8, 4) is 0 Å². The summed E-state index contributed by atoms with van der Waals surface area (Å²) in [6, 6.07) is 6.35. The molecule has 1 aromatic carbocycles. The quantitative estimate of drug-likeness (QED) is 0.842. The third-order valence-corrected chi connectivity index (χ3v) is 3.65. The molecule has 1 aromatic rings. The number of rotatable bonds is 2. The molecule has 0 heterocycles. The molecule has 0 spiro atoms. The lowest BCUT2D eigenvalue weighted by atomic mass is 9.77. The number of benzene rings is 1. The Morgan fingerprint density at radius 3 is 2.53 bits per heavy atom. The lowest BCUT2D eigenvalue weighted by Crippen LogP contribution is -2.26. The molecule has 2 rings (SSSR count). The predicted molar refractivity (Wildman–Crippen MR) is 67.7 cm³/mol. The molecule has 0 saturated heterocycles. The molecule has 84 valence electrons. The highest BCUT2D eigenvalue weighted by molar-refractivity contribution is 6.31. The average molecular weight is 246 g/mol. The van der Waals surface area contributed by atoms with Crippen molar-refractivity contribution in [2.75, 3.05) is 0 Å². The summed E-state index contributed by atoms with van der Waals surface area (Å²) in [7, 11) is 0. The maximum Gasteiger partial charge on any atom is 0.0438 e. The van der Waals surface area contributed by atoms with Crippen LogP contribution in [0.2, 0.25) is 5.02 Å². The Morgan fingerprint density at radius 2 is 2.07 bits per heavy atom. The standard InChI is InChI=1S/C12H16ClN.ClH/c1-8-5-6-10(7-11(8)13)12(14)9-3-2-4-9;/h5-7,9,12H,2-4,14H2,1H3;1H/t12-;/m0./s1. The first-order chi connectivity index (χ1) is 6.68. The topological polar surface area (TPSA) is 26.0 Å². The van der Waals surface area contributed by atoms with Crippen molar-refractivity contribution in [1.82, 2.24) is 0 Å². The van der Waals surface area contributed by atoms with Crippen LogP contribution in [-0.2, 0) is 0 Å². The Morgan fingerprint density at radius 1 is 1.40 bits per heavy atom. The van der Waals surface area contributed by atoms with Gasteiger partial charge in [0.25, 0.3) is 0 Å². The Hall–Kier alpha value is -0.240. The lowest BCUT2D eigenvalue weighted by molar-refractivity contribution is 0.264. The highest BCUT2D eigenvalue weighted by Crippen LogP contribution is 2.36. The molecule has 0 aliphatic heterocycles. The maximum atomic E-state index is 6.16. The Bertz CT molecular complexity index is 334. The highest BCUT2D eigenvalue weighted by Gasteiger charge is 2.25. The second-order valence-corrected chi connectivity index (χ2v) is 4.63. The van der Waals surface area contributed by atoms with Crippen molar-refractivity contribution in [1.29, 1.82) is 0 Å². The third-order valence-electron chi connectivity index (χ3n) is 3.24. The summed E-state index contributed by atoms with van der Waals surface area (Å²) in [5.74, 6) is 0.675. The minimum absolute atomic E-state index is 0. The van der Waals surface area contributed by atoms with Crippen molar-refractivity contribution in [3.63, 3.8) is 0 Å². The van der Waals surface area contributed by atoms with E-state index in [9.17, 15) is 0 Å². The van der Waals surface area contributed by atoms with Crippen LogP contribution in [-0.4, -0.2) is 0 Å². The fourth-order valence-electron chi connectivity index (χ4n) is 1.89. The summed E-state index contributed by atoms with van der Waals surface area (Å²) < 4.78 is 0. The summed E-state index contributed by atoms with van der Waals surface area (Å²) in [6.45, 7) is 2.01. The van der Waals surface area contributed by atoms with Crippen LogP contribution in [0.1, 0.15) is 36.4 Å². The van der Waals surface area contributed by atoms with Gasteiger partial charge in [0.15, 0.2) is 0 Å². The molecule has 0 aromatic heterocycles. The van der Waals surface area contributed by atoms with Gasteiger partial charge in [-0.3, -0.25) is 0 Å². The summed E-state index contributed by atoms with van der Waals surface area (Å²) in [6.07, 6.45) is 3.87. The van der Waals surface area contributed by atoms with Crippen molar-refractivity contribution in [3.05, 3.63) is 34.3 Å². The molecule has 0 bridgehead atoms. The smallest absolute Gasteiger partial charge is 0.0438 e. The predicted octanol–water partition coefficient (Wildman–Crippen LogP) is 3.87. The monoisotopic (exact) mass is 245 g/mol. The van der Waals surface area contributed by atoms with E-state index in [1.807, 2.05) is 13.0 Å². The van der Waals surface area contributed by atoms with Crippen molar-refractivity contribution < 1.29 is 0 Å². The van der Waals surface area contributed by atoms with Gasteiger partial charge in [0.2, 0.25) is 0 Å². The van der Waals surface area contributed by atoms with Gasteiger partial charge in [-0.05, 0) is 42.9 Å². The SMILES string of the molecule is Cc1ccc([C@@H](N)C2CCC2)cc1Cl.Cl. The highest BCUT2D eigenvalue weighted by atomic mass is 35.5. The van der Waals surface area contributed by atoms with Gasteiger partial charge in [-0.25, -0.2) is 0 Å². The van der Waals surface area contributed by atoms with E-state index in [0.29, 0.717) is 5.92 Å². The summed E-state index contributed by atoms with van der Waals surface area (Å²) in [5.41, 5.74) is 8.47. The van der Waals surface area contributed by atoms with Crippen LogP contribution in [0.25, 0.3) is 0 Å². The molecular weight excluding hydrogens is 229 g/mol. The van der Waals surface area contributed by atoms with Gasteiger partial charge in [-0.15, -0.1) is 12.4 Å². The van der Waals surface area contributed by atoms with Crippen molar-refractivity contribution >= 4 is 24.0 Å². The van der Waals surface area contributed by atoms with Crippen LogP contribution in [0.5, 0.6) is 0 Å². The minimum atomic E-state index is 0. The first kappa shape index (κ1) is 12.8. The van der Waals surface area contributed by atoms with Gasteiger partial charge in [-0.1, -0.05) is 30.2 Å². The zero-order chi connectivity index (χ0) is 10.1. The van der Waals surface area contributed by atoms with E-state index in [4.69, 9.17) is 17.3 Å². The molecule has 2 N–H and O–H groups in total. The summed E-state index contributed by atoms with van der Waals surface area (Å²) >= 11 is 6.07. The molecule has 1 nitrogen and oxygen atoms in total. The number of hydrogen-bond donors (Lipinski definition) is 1.